The van der Waals surface area contributed by atoms with Crippen molar-refractivity contribution >= 4 is 17.6 Å². The summed E-state index contributed by atoms with van der Waals surface area (Å²) in [5.41, 5.74) is 2.42. The second-order valence-electron chi connectivity index (χ2n) is 4.56. The minimum atomic E-state index is -1.02. The van der Waals surface area contributed by atoms with Gasteiger partial charge in [0, 0.05) is 5.69 Å². The molecule has 0 bridgehead atoms. The maximum Gasteiger partial charge on any atom is 0.335 e. The van der Waals surface area contributed by atoms with Crippen LogP contribution in [0.3, 0.4) is 0 Å². The Bertz CT molecular complexity index is 650. The molecule has 0 atom stereocenters. The first kappa shape index (κ1) is 13.8. The van der Waals surface area contributed by atoms with Crippen LogP contribution in [0.4, 0.5) is 5.69 Å². The van der Waals surface area contributed by atoms with E-state index in [-0.39, 0.29) is 17.9 Å². The summed E-state index contributed by atoms with van der Waals surface area (Å²) in [4.78, 5) is 23.0. The fourth-order valence-corrected chi connectivity index (χ4v) is 1.98. The maximum atomic E-state index is 12.0. The Balaban J connectivity index is 2.11. The summed E-state index contributed by atoms with van der Waals surface area (Å²) in [6, 6.07) is 14.0. The van der Waals surface area contributed by atoms with Crippen LogP contribution in [0.25, 0.3) is 0 Å². The molecule has 0 fully saturated rings. The molecular weight excluding hydrogens is 254 g/mol. The summed E-state index contributed by atoms with van der Waals surface area (Å²) in [5.74, 6) is -1.26. The first-order valence-corrected chi connectivity index (χ1v) is 6.24. The third-order valence-corrected chi connectivity index (χ3v) is 2.90. The van der Waals surface area contributed by atoms with Gasteiger partial charge in [0.15, 0.2) is 0 Å². The molecule has 4 nitrogen and oxygen atoms in total. The highest BCUT2D eigenvalue weighted by Gasteiger charge is 2.12. The van der Waals surface area contributed by atoms with Gasteiger partial charge >= 0.3 is 5.97 Å². The van der Waals surface area contributed by atoms with E-state index in [1.54, 1.807) is 24.3 Å². The van der Waals surface area contributed by atoms with E-state index in [0.717, 1.165) is 5.56 Å². The van der Waals surface area contributed by atoms with Gasteiger partial charge in [0.2, 0.25) is 5.91 Å². The van der Waals surface area contributed by atoms with Gasteiger partial charge < -0.3 is 10.4 Å². The Morgan fingerprint density at radius 2 is 1.85 bits per heavy atom. The number of aromatic carboxylic acids is 1. The number of anilines is 1. The van der Waals surface area contributed by atoms with Gasteiger partial charge in [0.25, 0.3) is 0 Å². The largest absolute Gasteiger partial charge is 0.478 e. The third-order valence-electron chi connectivity index (χ3n) is 2.90. The van der Waals surface area contributed by atoms with Crippen LogP contribution in [0.1, 0.15) is 21.5 Å². The monoisotopic (exact) mass is 269 g/mol. The lowest BCUT2D eigenvalue weighted by Crippen LogP contribution is -2.16. The molecule has 2 aromatic carbocycles. The van der Waals surface area contributed by atoms with Gasteiger partial charge in [-0.3, -0.25) is 4.79 Å². The molecule has 2 aromatic rings. The van der Waals surface area contributed by atoms with E-state index in [9.17, 15) is 9.59 Å². The summed E-state index contributed by atoms with van der Waals surface area (Å²) in [5, 5.41) is 11.8. The van der Waals surface area contributed by atoms with Crippen LogP contribution < -0.4 is 5.32 Å². The molecule has 0 aliphatic rings. The molecule has 4 heteroatoms. The number of carbonyl (C=O) groups excluding carboxylic acids is 1. The van der Waals surface area contributed by atoms with Crippen LogP contribution in [0.15, 0.2) is 48.5 Å². The van der Waals surface area contributed by atoms with Crippen molar-refractivity contribution in [1.29, 1.82) is 0 Å². The standard InChI is InChI=1S/C16H15NO3/c1-11-5-4-7-13(9-11)17-15(18)10-12-6-2-3-8-14(12)16(19)20/h2-9H,10H2,1H3,(H,17,18)(H,19,20). The van der Waals surface area contributed by atoms with Gasteiger partial charge in [-0.15, -0.1) is 0 Å². The molecule has 2 N–H and O–H groups in total. The smallest absolute Gasteiger partial charge is 0.335 e. The Morgan fingerprint density at radius 1 is 1.10 bits per heavy atom. The summed E-state index contributed by atoms with van der Waals surface area (Å²) < 4.78 is 0. The van der Waals surface area contributed by atoms with Crippen LogP contribution in [-0.2, 0) is 11.2 Å². The molecule has 0 saturated heterocycles. The van der Waals surface area contributed by atoms with Gasteiger partial charge in [0.1, 0.15) is 0 Å². The number of carboxylic acids is 1. The van der Waals surface area contributed by atoms with E-state index in [2.05, 4.69) is 5.32 Å². The average molecular weight is 269 g/mol. The molecule has 2 rings (SSSR count). The fraction of sp³-hybridized carbons (Fsp3) is 0.125. The predicted molar refractivity (Wildman–Crippen MR) is 76.9 cm³/mol. The number of carbonyl (C=O) groups is 2. The molecule has 102 valence electrons. The highest BCUT2D eigenvalue weighted by molar-refractivity contribution is 5.96. The summed E-state index contributed by atoms with van der Waals surface area (Å²) >= 11 is 0. The van der Waals surface area contributed by atoms with Crippen molar-refractivity contribution in [3.8, 4) is 0 Å². The first-order valence-electron chi connectivity index (χ1n) is 6.24. The summed E-state index contributed by atoms with van der Waals surface area (Å²) in [6.07, 6.45) is 0.0381. The lowest BCUT2D eigenvalue weighted by Gasteiger charge is -2.08. The highest BCUT2D eigenvalue weighted by atomic mass is 16.4. The predicted octanol–water partition coefficient (Wildman–Crippen LogP) is 2.87. The van der Waals surface area contributed by atoms with Crippen molar-refractivity contribution in [2.24, 2.45) is 0 Å². The van der Waals surface area contributed by atoms with E-state index in [0.29, 0.717) is 11.3 Å². The number of nitrogens with one attached hydrogen (secondary N) is 1. The van der Waals surface area contributed by atoms with Crippen LogP contribution in [0.5, 0.6) is 0 Å². The van der Waals surface area contributed by atoms with Crippen LogP contribution in [-0.4, -0.2) is 17.0 Å². The van der Waals surface area contributed by atoms with E-state index in [1.165, 1.54) is 6.07 Å². The quantitative estimate of drug-likeness (QED) is 0.896. The van der Waals surface area contributed by atoms with Gasteiger partial charge in [0.05, 0.1) is 12.0 Å². The number of hydrogen-bond donors (Lipinski definition) is 2. The van der Waals surface area contributed by atoms with E-state index < -0.39 is 5.97 Å². The molecule has 0 unspecified atom stereocenters. The minimum Gasteiger partial charge on any atom is -0.478 e. The van der Waals surface area contributed by atoms with Crippen LogP contribution >= 0.6 is 0 Å². The minimum absolute atomic E-state index is 0.0381. The Morgan fingerprint density at radius 3 is 2.55 bits per heavy atom. The number of hydrogen-bond acceptors (Lipinski definition) is 2. The lowest BCUT2D eigenvalue weighted by atomic mass is 10.0. The molecule has 0 aromatic heterocycles. The van der Waals surface area contributed by atoms with Crippen molar-refractivity contribution in [2.45, 2.75) is 13.3 Å². The fourth-order valence-electron chi connectivity index (χ4n) is 1.98. The highest BCUT2D eigenvalue weighted by Crippen LogP contribution is 2.13. The summed E-state index contributed by atoms with van der Waals surface area (Å²) in [6.45, 7) is 1.94. The van der Waals surface area contributed by atoms with Gasteiger partial charge in [-0.25, -0.2) is 4.79 Å². The molecule has 0 aliphatic carbocycles. The van der Waals surface area contributed by atoms with Gasteiger partial charge in [-0.05, 0) is 36.2 Å². The second-order valence-corrected chi connectivity index (χ2v) is 4.56. The normalized spacial score (nSPS) is 10.1. The molecule has 0 radical (unpaired) electrons. The number of benzene rings is 2. The van der Waals surface area contributed by atoms with Gasteiger partial charge in [-0.1, -0.05) is 30.3 Å². The molecule has 1 amide bonds. The SMILES string of the molecule is Cc1cccc(NC(=O)Cc2ccccc2C(=O)O)c1. The number of amides is 1. The zero-order valence-corrected chi connectivity index (χ0v) is 11.1. The zero-order chi connectivity index (χ0) is 14.5. The molecule has 0 aliphatic heterocycles. The zero-order valence-electron chi connectivity index (χ0n) is 11.1. The van der Waals surface area contributed by atoms with E-state index >= 15 is 0 Å². The Kier molecular flexibility index (Phi) is 4.15. The molecular formula is C16H15NO3. The molecule has 20 heavy (non-hydrogen) atoms. The molecule has 0 spiro atoms. The number of carboxylic acid groups (broad SMARTS) is 1. The Labute approximate surface area is 117 Å². The van der Waals surface area contributed by atoms with E-state index in [1.807, 2.05) is 25.1 Å². The van der Waals surface area contributed by atoms with Gasteiger partial charge in [-0.2, -0.15) is 0 Å². The molecule has 0 heterocycles. The third kappa shape index (κ3) is 3.45. The second kappa shape index (κ2) is 6.02. The lowest BCUT2D eigenvalue weighted by molar-refractivity contribution is -0.115. The van der Waals surface area contributed by atoms with Crippen molar-refractivity contribution in [3.63, 3.8) is 0 Å². The van der Waals surface area contributed by atoms with Crippen molar-refractivity contribution in [1.82, 2.24) is 0 Å². The van der Waals surface area contributed by atoms with Crippen molar-refractivity contribution in [2.75, 3.05) is 5.32 Å². The van der Waals surface area contributed by atoms with Crippen LogP contribution in [0.2, 0.25) is 0 Å². The van der Waals surface area contributed by atoms with Crippen molar-refractivity contribution < 1.29 is 14.7 Å². The van der Waals surface area contributed by atoms with Crippen LogP contribution in [0, 0.1) is 6.92 Å². The molecule has 0 saturated carbocycles. The first-order chi connectivity index (χ1) is 9.56. The van der Waals surface area contributed by atoms with E-state index in [4.69, 9.17) is 5.11 Å². The average Bonchev–Trinajstić information content (AvgIpc) is 2.38. The number of aryl methyl sites for hydroxylation is 1. The Hall–Kier alpha value is -2.62. The maximum absolute atomic E-state index is 12.0. The number of rotatable bonds is 4. The topological polar surface area (TPSA) is 66.4 Å². The van der Waals surface area contributed by atoms with Crippen molar-refractivity contribution in [3.05, 3.63) is 65.2 Å². The summed E-state index contributed by atoms with van der Waals surface area (Å²) in [7, 11) is 0.